The van der Waals surface area contributed by atoms with Crippen molar-refractivity contribution in [3.8, 4) is 11.5 Å². The molecule has 138 valence electrons. The molecule has 0 heterocycles. The van der Waals surface area contributed by atoms with Crippen LogP contribution in [0.5, 0.6) is 11.5 Å². The van der Waals surface area contributed by atoms with Crippen molar-refractivity contribution in [2.75, 3.05) is 26.1 Å². The minimum Gasteiger partial charge on any atom is -0.493 e. The first-order valence-electron chi connectivity index (χ1n) is 8.23. The Kier molecular flexibility index (Phi) is 6.84. The van der Waals surface area contributed by atoms with Crippen molar-refractivity contribution in [1.29, 1.82) is 0 Å². The molecule has 0 aromatic heterocycles. The number of nitrogens with zero attached hydrogens (tertiary/aromatic N) is 1. The number of hydrogen-bond donors (Lipinski definition) is 3. The Morgan fingerprint density at radius 3 is 2.38 bits per heavy atom. The molecule has 0 fully saturated rings. The molecule has 0 aliphatic rings. The maximum atomic E-state index is 11.7. The summed E-state index contributed by atoms with van der Waals surface area (Å²) in [6.07, 6.45) is 0. The van der Waals surface area contributed by atoms with E-state index in [9.17, 15) is 4.79 Å². The lowest BCUT2D eigenvalue weighted by molar-refractivity contribution is 0.0956. The topological polar surface area (TPSA) is 98.0 Å². The summed E-state index contributed by atoms with van der Waals surface area (Å²) in [6.45, 7) is 2.89. The molecule has 0 saturated carbocycles. The minimum absolute atomic E-state index is 0.0859. The average Bonchev–Trinajstić information content (AvgIpc) is 2.66. The third-order valence-electron chi connectivity index (χ3n) is 3.64. The molecule has 7 nitrogen and oxygen atoms in total. The normalized spacial score (nSPS) is 11.0. The number of methoxy groups -OCH3 is 2. The molecule has 0 atom stereocenters. The third kappa shape index (κ3) is 5.14. The second-order valence-corrected chi connectivity index (χ2v) is 5.45. The third-order valence-corrected chi connectivity index (χ3v) is 3.64. The van der Waals surface area contributed by atoms with E-state index in [1.807, 2.05) is 25.1 Å². The highest BCUT2D eigenvalue weighted by molar-refractivity contribution is 5.94. The maximum Gasteiger partial charge on any atom is 0.251 e. The van der Waals surface area contributed by atoms with E-state index in [1.54, 1.807) is 38.5 Å². The molecule has 0 radical (unpaired) electrons. The first kappa shape index (κ1) is 19.1. The van der Waals surface area contributed by atoms with Crippen LogP contribution in [0.3, 0.4) is 0 Å². The van der Waals surface area contributed by atoms with Gasteiger partial charge in [0.05, 0.1) is 20.8 Å². The van der Waals surface area contributed by atoms with Gasteiger partial charge in [0.1, 0.15) is 0 Å². The van der Waals surface area contributed by atoms with E-state index in [1.165, 1.54) is 0 Å². The molecule has 4 N–H and O–H groups in total. The van der Waals surface area contributed by atoms with Gasteiger partial charge in [-0.3, -0.25) is 4.79 Å². The largest absolute Gasteiger partial charge is 0.493 e. The zero-order valence-electron chi connectivity index (χ0n) is 15.2. The van der Waals surface area contributed by atoms with Gasteiger partial charge in [0.15, 0.2) is 17.5 Å². The quantitative estimate of drug-likeness (QED) is 0.523. The number of amides is 1. The lowest BCUT2D eigenvalue weighted by atomic mass is 10.1. The van der Waals surface area contributed by atoms with Gasteiger partial charge in [0.25, 0.3) is 5.91 Å². The van der Waals surface area contributed by atoms with Gasteiger partial charge in [0.2, 0.25) is 0 Å². The van der Waals surface area contributed by atoms with Gasteiger partial charge in [-0.1, -0.05) is 12.1 Å². The van der Waals surface area contributed by atoms with Crippen LogP contribution in [0.2, 0.25) is 0 Å². The number of guanidine groups is 1. The Balaban J connectivity index is 1.99. The van der Waals surface area contributed by atoms with Crippen LogP contribution >= 0.6 is 0 Å². The van der Waals surface area contributed by atoms with Crippen molar-refractivity contribution < 1.29 is 14.3 Å². The van der Waals surface area contributed by atoms with Crippen molar-refractivity contribution in [1.82, 2.24) is 5.32 Å². The molecule has 0 unspecified atom stereocenters. The van der Waals surface area contributed by atoms with Gasteiger partial charge in [0, 0.05) is 23.9 Å². The van der Waals surface area contributed by atoms with Gasteiger partial charge < -0.3 is 25.8 Å². The van der Waals surface area contributed by atoms with Crippen molar-refractivity contribution >= 4 is 17.6 Å². The number of anilines is 1. The van der Waals surface area contributed by atoms with Crippen molar-refractivity contribution in [3.05, 3.63) is 53.6 Å². The highest BCUT2D eigenvalue weighted by Crippen LogP contribution is 2.29. The molecular weight excluding hydrogens is 332 g/mol. The van der Waals surface area contributed by atoms with E-state index in [-0.39, 0.29) is 11.9 Å². The van der Waals surface area contributed by atoms with Gasteiger partial charge in [-0.2, -0.15) is 0 Å². The van der Waals surface area contributed by atoms with E-state index < -0.39 is 0 Å². The summed E-state index contributed by atoms with van der Waals surface area (Å²) < 4.78 is 10.5. The standard InChI is InChI=1S/C19H24N4O3/c1-4-21-18(24)14-7-5-13(6-8-14)12-22-19(20)23-15-9-10-16(25-2)17(11-15)26-3/h5-11H,4,12H2,1-3H3,(H,21,24)(H3,20,22,23). The summed E-state index contributed by atoms with van der Waals surface area (Å²) in [7, 11) is 3.15. The summed E-state index contributed by atoms with van der Waals surface area (Å²) in [4.78, 5) is 16.0. The second-order valence-electron chi connectivity index (χ2n) is 5.45. The lowest BCUT2D eigenvalue weighted by Gasteiger charge is -2.11. The lowest BCUT2D eigenvalue weighted by Crippen LogP contribution is -2.23. The number of benzene rings is 2. The molecule has 2 aromatic carbocycles. The van der Waals surface area contributed by atoms with Crippen LogP contribution in [0.1, 0.15) is 22.8 Å². The van der Waals surface area contributed by atoms with Crippen LogP contribution < -0.4 is 25.8 Å². The molecular formula is C19H24N4O3. The number of ether oxygens (including phenoxy) is 2. The van der Waals surface area contributed by atoms with Gasteiger partial charge in [-0.25, -0.2) is 4.99 Å². The maximum absolute atomic E-state index is 11.7. The number of aliphatic imine (C=N–C) groups is 1. The van der Waals surface area contributed by atoms with Crippen LogP contribution in [0.25, 0.3) is 0 Å². The van der Waals surface area contributed by atoms with Crippen molar-refractivity contribution in [2.45, 2.75) is 13.5 Å². The zero-order valence-corrected chi connectivity index (χ0v) is 15.2. The van der Waals surface area contributed by atoms with Crippen LogP contribution in [-0.2, 0) is 6.54 Å². The van der Waals surface area contributed by atoms with Crippen molar-refractivity contribution in [3.63, 3.8) is 0 Å². The molecule has 7 heteroatoms. The first-order chi connectivity index (χ1) is 12.6. The van der Waals surface area contributed by atoms with E-state index in [0.29, 0.717) is 30.2 Å². The Bertz CT molecular complexity index is 773. The molecule has 0 bridgehead atoms. The number of hydrogen-bond acceptors (Lipinski definition) is 4. The molecule has 2 aromatic rings. The highest BCUT2D eigenvalue weighted by Gasteiger charge is 2.06. The van der Waals surface area contributed by atoms with Crippen LogP contribution in [0.4, 0.5) is 5.69 Å². The fourth-order valence-corrected chi connectivity index (χ4v) is 2.30. The predicted octanol–water partition coefficient (Wildman–Crippen LogP) is 2.38. The number of rotatable bonds is 7. The van der Waals surface area contributed by atoms with E-state index in [0.717, 1.165) is 11.3 Å². The Morgan fingerprint density at radius 1 is 1.08 bits per heavy atom. The number of carbonyl (C=O) groups excluding carboxylic acids is 1. The van der Waals surface area contributed by atoms with Gasteiger partial charge >= 0.3 is 0 Å². The molecule has 1 amide bonds. The summed E-state index contributed by atoms with van der Waals surface area (Å²) in [5.41, 5.74) is 8.26. The molecule has 2 rings (SSSR count). The summed E-state index contributed by atoms with van der Waals surface area (Å²) in [6, 6.07) is 12.7. The number of nitrogens with two attached hydrogens (primary N) is 1. The number of carbonyl (C=O) groups is 1. The molecule has 0 spiro atoms. The second kappa shape index (κ2) is 9.31. The summed E-state index contributed by atoms with van der Waals surface area (Å²) in [5.74, 6) is 1.44. The van der Waals surface area contributed by atoms with Crippen LogP contribution in [-0.4, -0.2) is 32.6 Å². The average molecular weight is 356 g/mol. The van der Waals surface area contributed by atoms with E-state index >= 15 is 0 Å². The van der Waals surface area contributed by atoms with E-state index in [2.05, 4.69) is 15.6 Å². The minimum atomic E-state index is -0.0859. The fraction of sp³-hybridized carbons (Fsp3) is 0.263. The Morgan fingerprint density at radius 2 is 1.77 bits per heavy atom. The molecule has 26 heavy (non-hydrogen) atoms. The van der Waals surface area contributed by atoms with E-state index in [4.69, 9.17) is 15.2 Å². The zero-order chi connectivity index (χ0) is 18.9. The monoisotopic (exact) mass is 356 g/mol. The SMILES string of the molecule is CCNC(=O)c1ccc(CN=C(N)Nc2ccc(OC)c(OC)c2)cc1. The fourth-order valence-electron chi connectivity index (χ4n) is 2.30. The highest BCUT2D eigenvalue weighted by atomic mass is 16.5. The summed E-state index contributed by atoms with van der Waals surface area (Å²) in [5, 5.41) is 5.77. The molecule has 0 aliphatic carbocycles. The molecule has 0 saturated heterocycles. The Labute approximate surface area is 153 Å². The molecule has 0 aliphatic heterocycles. The van der Waals surface area contributed by atoms with Gasteiger partial charge in [-0.05, 0) is 36.8 Å². The van der Waals surface area contributed by atoms with Gasteiger partial charge in [-0.15, -0.1) is 0 Å². The number of nitrogens with one attached hydrogen (secondary N) is 2. The Hall–Kier alpha value is -3.22. The van der Waals surface area contributed by atoms with Crippen molar-refractivity contribution in [2.24, 2.45) is 10.7 Å². The van der Waals surface area contributed by atoms with Crippen LogP contribution in [0.15, 0.2) is 47.5 Å². The first-order valence-corrected chi connectivity index (χ1v) is 8.23. The summed E-state index contributed by atoms with van der Waals surface area (Å²) >= 11 is 0. The van der Waals surface area contributed by atoms with Crippen LogP contribution in [0, 0.1) is 0 Å². The smallest absolute Gasteiger partial charge is 0.251 e. The predicted molar refractivity (Wildman–Crippen MR) is 103 cm³/mol.